The van der Waals surface area contributed by atoms with Gasteiger partial charge in [0, 0.05) is 18.4 Å². The first-order valence-electron chi connectivity index (χ1n) is 3.56. The molecule has 56 valence electrons. The van der Waals surface area contributed by atoms with Gasteiger partial charge in [-0.3, -0.25) is 4.79 Å². The highest BCUT2D eigenvalue weighted by Crippen LogP contribution is 2.22. The molecular formula is C8H13NO. The Balaban J connectivity index is 2.63. The SMILES string of the molecule is C=C(C)[C@H]1CC(=O)N[C@H]1C. The van der Waals surface area contributed by atoms with Crippen molar-refractivity contribution in [3.8, 4) is 0 Å². The Bertz CT molecular complexity index is 174. The van der Waals surface area contributed by atoms with E-state index in [1.807, 2.05) is 13.8 Å². The summed E-state index contributed by atoms with van der Waals surface area (Å²) in [4.78, 5) is 10.8. The number of hydrogen-bond donors (Lipinski definition) is 1. The van der Waals surface area contributed by atoms with Gasteiger partial charge in [0.25, 0.3) is 0 Å². The first-order chi connectivity index (χ1) is 4.61. The largest absolute Gasteiger partial charge is 0.353 e. The Morgan fingerprint density at radius 1 is 1.80 bits per heavy atom. The molecule has 0 bridgehead atoms. The van der Waals surface area contributed by atoms with E-state index >= 15 is 0 Å². The Labute approximate surface area is 61.3 Å². The maximum atomic E-state index is 10.8. The molecule has 1 aliphatic rings. The Morgan fingerprint density at radius 3 is 2.60 bits per heavy atom. The molecule has 2 atom stereocenters. The molecule has 0 aromatic carbocycles. The fourth-order valence-electron chi connectivity index (χ4n) is 1.39. The highest BCUT2D eigenvalue weighted by Gasteiger charge is 2.28. The summed E-state index contributed by atoms with van der Waals surface area (Å²) in [5, 5.41) is 2.85. The summed E-state index contributed by atoms with van der Waals surface area (Å²) in [5.41, 5.74) is 1.10. The zero-order chi connectivity index (χ0) is 7.72. The van der Waals surface area contributed by atoms with Gasteiger partial charge in [-0.25, -0.2) is 0 Å². The Morgan fingerprint density at radius 2 is 2.40 bits per heavy atom. The zero-order valence-corrected chi connectivity index (χ0v) is 6.48. The lowest BCUT2D eigenvalue weighted by atomic mass is 9.95. The fraction of sp³-hybridized carbons (Fsp3) is 0.625. The van der Waals surface area contributed by atoms with E-state index in [1.54, 1.807) is 0 Å². The first-order valence-corrected chi connectivity index (χ1v) is 3.56. The van der Waals surface area contributed by atoms with Crippen LogP contribution >= 0.6 is 0 Å². The van der Waals surface area contributed by atoms with E-state index in [0.29, 0.717) is 12.3 Å². The Kier molecular flexibility index (Phi) is 1.79. The molecule has 10 heavy (non-hydrogen) atoms. The van der Waals surface area contributed by atoms with Crippen molar-refractivity contribution in [1.29, 1.82) is 0 Å². The lowest BCUT2D eigenvalue weighted by Crippen LogP contribution is -2.25. The van der Waals surface area contributed by atoms with Crippen LogP contribution in [0.2, 0.25) is 0 Å². The van der Waals surface area contributed by atoms with Gasteiger partial charge in [0.05, 0.1) is 0 Å². The van der Waals surface area contributed by atoms with Crippen molar-refractivity contribution < 1.29 is 4.79 Å². The van der Waals surface area contributed by atoms with Crippen molar-refractivity contribution in [2.75, 3.05) is 0 Å². The normalized spacial score (nSPS) is 32.0. The highest BCUT2D eigenvalue weighted by atomic mass is 16.1. The van der Waals surface area contributed by atoms with E-state index < -0.39 is 0 Å². The van der Waals surface area contributed by atoms with Crippen LogP contribution in [-0.2, 0) is 4.79 Å². The lowest BCUT2D eigenvalue weighted by Gasteiger charge is -2.12. The average molecular weight is 139 g/mol. The van der Waals surface area contributed by atoms with Crippen molar-refractivity contribution in [3.63, 3.8) is 0 Å². The van der Waals surface area contributed by atoms with Crippen LogP contribution < -0.4 is 5.32 Å². The fourth-order valence-corrected chi connectivity index (χ4v) is 1.39. The van der Waals surface area contributed by atoms with Gasteiger partial charge in [-0.15, -0.1) is 0 Å². The second-order valence-corrected chi connectivity index (χ2v) is 3.01. The van der Waals surface area contributed by atoms with Gasteiger partial charge >= 0.3 is 0 Å². The molecule has 0 saturated carbocycles. The number of carbonyl (C=O) groups is 1. The Hall–Kier alpha value is -0.790. The van der Waals surface area contributed by atoms with Gasteiger partial charge in [-0.2, -0.15) is 0 Å². The third kappa shape index (κ3) is 1.20. The van der Waals surface area contributed by atoms with Crippen molar-refractivity contribution in [2.24, 2.45) is 5.92 Å². The predicted octanol–water partition coefficient (Wildman–Crippen LogP) is 1.09. The minimum absolute atomic E-state index is 0.153. The molecule has 0 aromatic rings. The molecule has 1 aliphatic heterocycles. The van der Waals surface area contributed by atoms with Crippen LogP contribution in [0.5, 0.6) is 0 Å². The molecule has 0 aromatic heterocycles. The number of rotatable bonds is 1. The van der Waals surface area contributed by atoms with Gasteiger partial charge in [-0.1, -0.05) is 12.2 Å². The van der Waals surface area contributed by atoms with Crippen molar-refractivity contribution in [3.05, 3.63) is 12.2 Å². The second kappa shape index (κ2) is 2.45. The van der Waals surface area contributed by atoms with Crippen LogP contribution in [0.15, 0.2) is 12.2 Å². The van der Waals surface area contributed by atoms with E-state index in [1.165, 1.54) is 0 Å². The van der Waals surface area contributed by atoms with E-state index in [2.05, 4.69) is 11.9 Å². The van der Waals surface area contributed by atoms with Gasteiger partial charge in [0.15, 0.2) is 0 Å². The smallest absolute Gasteiger partial charge is 0.220 e. The number of hydrogen-bond acceptors (Lipinski definition) is 1. The van der Waals surface area contributed by atoms with Crippen LogP contribution in [0.4, 0.5) is 0 Å². The minimum atomic E-state index is 0.153. The lowest BCUT2D eigenvalue weighted by molar-refractivity contribution is -0.119. The second-order valence-electron chi connectivity index (χ2n) is 3.01. The molecule has 0 aliphatic carbocycles. The summed E-state index contributed by atoms with van der Waals surface area (Å²) < 4.78 is 0. The molecule has 1 amide bonds. The average Bonchev–Trinajstić information content (AvgIpc) is 2.10. The van der Waals surface area contributed by atoms with Gasteiger partial charge < -0.3 is 5.32 Å². The molecule has 2 heteroatoms. The van der Waals surface area contributed by atoms with E-state index in [9.17, 15) is 4.79 Å². The minimum Gasteiger partial charge on any atom is -0.353 e. The van der Waals surface area contributed by atoms with Crippen molar-refractivity contribution in [1.82, 2.24) is 5.32 Å². The van der Waals surface area contributed by atoms with Crippen LogP contribution in [0.1, 0.15) is 20.3 Å². The van der Waals surface area contributed by atoms with Crippen LogP contribution in [0.3, 0.4) is 0 Å². The first kappa shape index (κ1) is 7.32. The summed E-state index contributed by atoms with van der Waals surface area (Å²) in [6.45, 7) is 7.82. The molecule has 1 heterocycles. The summed E-state index contributed by atoms with van der Waals surface area (Å²) in [7, 11) is 0. The molecule has 1 fully saturated rings. The quantitative estimate of drug-likeness (QED) is 0.541. The third-order valence-electron chi connectivity index (χ3n) is 2.03. The predicted molar refractivity (Wildman–Crippen MR) is 40.5 cm³/mol. The van der Waals surface area contributed by atoms with Gasteiger partial charge in [0.1, 0.15) is 0 Å². The number of nitrogens with one attached hydrogen (secondary N) is 1. The number of carbonyl (C=O) groups excluding carboxylic acids is 1. The summed E-state index contributed by atoms with van der Waals surface area (Å²) in [5.74, 6) is 0.507. The molecular weight excluding hydrogens is 126 g/mol. The summed E-state index contributed by atoms with van der Waals surface area (Å²) in [6.07, 6.45) is 0.622. The highest BCUT2D eigenvalue weighted by molar-refractivity contribution is 5.79. The van der Waals surface area contributed by atoms with Crippen LogP contribution in [-0.4, -0.2) is 11.9 Å². The van der Waals surface area contributed by atoms with Crippen LogP contribution in [0.25, 0.3) is 0 Å². The summed E-state index contributed by atoms with van der Waals surface area (Å²) in [6, 6.07) is 0.282. The zero-order valence-electron chi connectivity index (χ0n) is 6.48. The van der Waals surface area contributed by atoms with E-state index in [0.717, 1.165) is 5.57 Å². The van der Waals surface area contributed by atoms with E-state index in [-0.39, 0.29) is 11.9 Å². The van der Waals surface area contributed by atoms with Crippen molar-refractivity contribution in [2.45, 2.75) is 26.3 Å². The molecule has 0 radical (unpaired) electrons. The standard InChI is InChI=1S/C8H13NO/c1-5(2)7-4-8(10)9-6(7)3/h6-7H,1,4H2,2-3H3,(H,9,10)/t6-,7+/m0/s1. The van der Waals surface area contributed by atoms with Gasteiger partial charge in [0.2, 0.25) is 5.91 Å². The molecule has 0 unspecified atom stereocenters. The molecule has 2 nitrogen and oxygen atoms in total. The molecule has 1 N–H and O–H groups in total. The van der Waals surface area contributed by atoms with Crippen LogP contribution in [0, 0.1) is 5.92 Å². The monoisotopic (exact) mass is 139 g/mol. The molecule has 1 rings (SSSR count). The third-order valence-corrected chi connectivity index (χ3v) is 2.03. The van der Waals surface area contributed by atoms with E-state index in [4.69, 9.17) is 0 Å². The summed E-state index contributed by atoms with van der Waals surface area (Å²) >= 11 is 0. The molecule has 0 spiro atoms. The maximum absolute atomic E-state index is 10.8. The van der Waals surface area contributed by atoms with Crippen molar-refractivity contribution >= 4 is 5.91 Å². The molecule has 1 saturated heterocycles. The topological polar surface area (TPSA) is 29.1 Å². The van der Waals surface area contributed by atoms with Gasteiger partial charge in [-0.05, 0) is 13.8 Å². The number of amides is 1. The maximum Gasteiger partial charge on any atom is 0.220 e.